The minimum atomic E-state index is 0.0370. The Bertz CT molecular complexity index is 773. The van der Waals surface area contributed by atoms with Gasteiger partial charge in [0, 0.05) is 17.3 Å². The Kier molecular flexibility index (Phi) is 2.80. The minimum absolute atomic E-state index is 0.0370. The van der Waals surface area contributed by atoms with Crippen molar-refractivity contribution in [3.8, 4) is 0 Å². The van der Waals surface area contributed by atoms with E-state index in [4.69, 9.17) is 5.73 Å². The number of benzene rings is 2. The lowest BCUT2D eigenvalue weighted by Crippen LogP contribution is -2.19. The second kappa shape index (κ2) is 4.61. The predicted octanol–water partition coefficient (Wildman–Crippen LogP) is 2.63. The number of hydrogen-bond donors (Lipinski definition) is 1. The molecule has 3 nitrogen and oxygen atoms in total. The van der Waals surface area contributed by atoms with E-state index in [1.165, 1.54) is 0 Å². The first-order valence-corrected chi connectivity index (χ1v) is 6.17. The van der Waals surface area contributed by atoms with Gasteiger partial charge >= 0.3 is 0 Å². The Labute approximate surface area is 110 Å². The molecule has 3 heteroatoms. The van der Waals surface area contributed by atoms with Crippen molar-refractivity contribution < 1.29 is 0 Å². The van der Waals surface area contributed by atoms with Crippen molar-refractivity contribution >= 4 is 16.5 Å². The molecule has 0 aliphatic carbocycles. The van der Waals surface area contributed by atoms with Gasteiger partial charge in [0.2, 0.25) is 0 Å². The SMILES string of the molecule is Nc1ccc(Cn2ccc3ccccc3c2=O)cc1. The number of rotatable bonds is 2. The predicted molar refractivity (Wildman–Crippen MR) is 78.2 cm³/mol. The molecule has 0 saturated carbocycles. The van der Waals surface area contributed by atoms with Crippen LogP contribution in [0.25, 0.3) is 10.8 Å². The average molecular weight is 250 g/mol. The summed E-state index contributed by atoms with van der Waals surface area (Å²) < 4.78 is 1.72. The molecule has 19 heavy (non-hydrogen) atoms. The van der Waals surface area contributed by atoms with E-state index in [0.717, 1.165) is 22.0 Å². The van der Waals surface area contributed by atoms with Crippen LogP contribution in [0.5, 0.6) is 0 Å². The Morgan fingerprint density at radius 2 is 1.68 bits per heavy atom. The number of fused-ring (bicyclic) bond motifs is 1. The van der Waals surface area contributed by atoms with Crippen LogP contribution in [0.2, 0.25) is 0 Å². The number of nitrogen functional groups attached to an aromatic ring is 1. The monoisotopic (exact) mass is 250 g/mol. The van der Waals surface area contributed by atoms with Gasteiger partial charge in [0.25, 0.3) is 5.56 Å². The molecule has 0 spiro atoms. The van der Waals surface area contributed by atoms with Crippen molar-refractivity contribution in [3.05, 3.63) is 76.7 Å². The second-order valence-electron chi connectivity index (χ2n) is 4.58. The first-order valence-electron chi connectivity index (χ1n) is 6.17. The summed E-state index contributed by atoms with van der Waals surface area (Å²) in [5.74, 6) is 0. The number of nitrogens with two attached hydrogens (primary N) is 1. The lowest BCUT2D eigenvalue weighted by molar-refractivity contribution is 0.768. The Hall–Kier alpha value is -2.55. The standard InChI is InChI=1S/C16H14N2O/c17-14-7-5-12(6-8-14)11-18-10-9-13-3-1-2-4-15(13)16(18)19/h1-10H,11,17H2. The van der Waals surface area contributed by atoms with E-state index in [2.05, 4.69) is 0 Å². The number of anilines is 1. The minimum Gasteiger partial charge on any atom is -0.399 e. The molecule has 0 aliphatic rings. The van der Waals surface area contributed by atoms with E-state index >= 15 is 0 Å². The summed E-state index contributed by atoms with van der Waals surface area (Å²) in [6.07, 6.45) is 1.83. The zero-order valence-electron chi connectivity index (χ0n) is 10.4. The highest BCUT2D eigenvalue weighted by molar-refractivity contribution is 5.81. The highest BCUT2D eigenvalue weighted by atomic mass is 16.1. The number of pyridine rings is 1. The maximum Gasteiger partial charge on any atom is 0.258 e. The molecule has 0 unspecified atom stereocenters. The summed E-state index contributed by atoms with van der Waals surface area (Å²) in [5, 5.41) is 1.72. The van der Waals surface area contributed by atoms with Crippen molar-refractivity contribution in [1.29, 1.82) is 0 Å². The lowest BCUT2D eigenvalue weighted by atomic mass is 10.1. The molecule has 0 radical (unpaired) electrons. The molecule has 0 fully saturated rings. The van der Waals surface area contributed by atoms with Gasteiger partial charge in [0.15, 0.2) is 0 Å². The van der Waals surface area contributed by atoms with E-state index in [1.807, 2.05) is 60.8 Å². The Morgan fingerprint density at radius 3 is 2.47 bits per heavy atom. The van der Waals surface area contributed by atoms with E-state index in [1.54, 1.807) is 4.57 Å². The van der Waals surface area contributed by atoms with E-state index in [-0.39, 0.29) is 5.56 Å². The average Bonchev–Trinajstić information content (AvgIpc) is 2.45. The molecule has 3 aromatic rings. The quantitative estimate of drug-likeness (QED) is 0.711. The molecule has 1 heterocycles. The largest absolute Gasteiger partial charge is 0.399 e. The first-order chi connectivity index (χ1) is 9.24. The molecule has 0 amide bonds. The first kappa shape index (κ1) is 11.5. The zero-order valence-corrected chi connectivity index (χ0v) is 10.4. The molecule has 0 aliphatic heterocycles. The van der Waals surface area contributed by atoms with Crippen LogP contribution in [0.1, 0.15) is 5.56 Å². The smallest absolute Gasteiger partial charge is 0.258 e. The van der Waals surface area contributed by atoms with Gasteiger partial charge < -0.3 is 10.3 Å². The van der Waals surface area contributed by atoms with Gasteiger partial charge in [-0.2, -0.15) is 0 Å². The summed E-state index contributed by atoms with van der Waals surface area (Å²) in [6, 6.07) is 17.2. The van der Waals surface area contributed by atoms with Gasteiger partial charge in [-0.05, 0) is 35.2 Å². The fourth-order valence-corrected chi connectivity index (χ4v) is 2.17. The van der Waals surface area contributed by atoms with Gasteiger partial charge in [-0.3, -0.25) is 4.79 Å². The van der Waals surface area contributed by atoms with Crippen LogP contribution in [0.15, 0.2) is 65.6 Å². The fourth-order valence-electron chi connectivity index (χ4n) is 2.17. The maximum absolute atomic E-state index is 12.3. The van der Waals surface area contributed by atoms with Gasteiger partial charge in [-0.15, -0.1) is 0 Å². The van der Waals surface area contributed by atoms with E-state index < -0.39 is 0 Å². The lowest BCUT2D eigenvalue weighted by Gasteiger charge is -2.07. The highest BCUT2D eigenvalue weighted by Crippen LogP contribution is 2.10. The van der Waals surface area contributed by atoms with Crippen LogP contribution in [0, 0.1) is 0 Å². The third-order valence-electron chi connectivity index (χ3n) is 3.22. The van der Waals surface area contributed by atoms with Crippen LogP contribution in [0.4, 0.5) is 5.69 Å². The molecule has 94 valence electrons. The molecular formula is C16H14N2O. The molecule has 2 N–H and O–H groups in total. The molecule has 0 bridgehead atoms. The maximum atomic E-state index is 12.3. The van der Waals surface area contributed by atoms with Gasteiger partial charge in [0.1, 0.15) is 0 Å². The Morgan fingerprint density at radius 1 is 0.947 bits per heavy atom. The van der Waals surface area contributed by atoms with Gasteiger partial charge in [-0.25, -0.2) is 0 Å². The van der Waals surface area contributed by atoms with Crippen molar-refractivity contribution in [2.75, 3.05) is 5.73 Å². The van der Waals surface area contributed by atoms with Crippen molar-refractivity contribution in [2.45, 2.75) is 6.54 Å². The molecular weight excluding hydrogens is 236 g/mol. The Balaban J connectivity index is 2.04. The summed E-state index contributed by atoms with van der Waals surface area (Å²) in [5.41, 5.74) is 7.49. The van der Waals surface area contributed by atoms with Crippen LogP contribution < -0.4 is 11.3 Å². The summed E-state index contributed by atoms with van der Waals surface area (Å²) in [4.78, 5) is 12.3. The summed E-state index contributed by atoms with van der Waals surface area (Å²) >= 11 is 0. The highest BCUT2D eigenvalue weighted by Gasteiger charge is 2.02. The number of hydrogen-bond acceptors (Lipinski definition) is 2. The normalized spacial score (nSPS) is 10.7. The molecule has 3 rings (SSSR count). The van der Waals surface area contributed by atoms with E-state index in [0.29, 0.717) is 6.54 Å². The molecule has 2 aromatic carbocycles. The number of aromatic nitrogens is 1. The van der Waals surface area contributed by atoms with Crippen molar-refractivity contribution in [1.82, 2.24) is 4.57 Å². The van der Waals surface area contributed by atoms with Crippen LogP contribution in [-0.4, -0.2) is 4.57 Å². The van der Waals surface area contributed by atoms with Crippen LogP contribution >= 0.6 is 0 Å². The fraction of sp³-hybridized carbons (Fsp3) is 0.0625. The van der Waals surface area contributed by atoms with Gasteiger partial charge in [0.05, 0.1) is 6.54 Å². The van der Waals surface area contributed by atoms with Gasteiger partial charge in [-0.1, -0.05) is 30.3 Å². The molecule has 1 aromatic heterocycles. The summed E-state index contributed by atoms with van der Waals surface area (Å²) in [7, 11) is 0. The van der Waals surface area contributed by atoms with Crippen molar-refractivity contribution in [2.24, 2.45) is 0 Å². The topological polar surface area (TPSA) is 48.0 Å². The zero-order chi connectivity index (χ0) is 13.2. The second-order valence-corrected chi connectivity index (χ2v) is 4.58. The van der Waals surface area contributed by atoms with E-state index in [9.17, 15) is 4.79 Å². The third kappa shape index (κ3) is 2.22. The third-order valence-corrected chi connectivity index (χ3v) is 3.22. The molecule has 0 saturated heterocycles. The molecule has 0 atom stereocenters. The number of nitrogens with zero attached hydrogens (tertiary/aromatic N) is 1. The van der Waals surface area contributed by atoms with Crippen molar-refractivity contribution in [3.63, 3.8) is 0 Å². The van der Waals surface area contributed by atoms with Crippen LogP contribution in [0.3, 0.4) is 0 Å². The summed E-state index contributed by atoms with van der Waals surface area (Å²) in [6.45, 7) is 0.559. The van der Waals surface area contributed by atoms with Crippen LogP contribution in [-0.2, 0) is 6.54 Å².